The third kappa shape index (κ3) is 3.90. The van der Waals surface area contributed by atoms with Gasteiger partial charge >= 0.3 is 0 Å². The van der Waals surface area contributed by atoms with Gasteiger partial charge in [0.15, 0.2) is 11.5 Å². The average molecular weight is 440 g/mol. The van der Waals surface area contributed by atoms with Crippen molar-refractivity contribution in [2.24, 2.45) is 0 Å². The van der Waals surface area contributed by atoms with Crippen molar-refractivity contribution in [1.29, 1.82) is 0 Å². The lowest BCUT2D eigenvalue weighted by atomic mass is 10.1. The Kier molecular flexibility index (Phi) is 5.25. The molecule has 0 saturated carbocycles. The molecule has 0 bridgehead atoms. The number of ether oxygens (including phenoxy) is 2. The van der Waals surface area contributed by atoms with Gasteiger partial charge in [-0.05, 0) is 42.5 Å². The van der Waals surface area contributed by atoms with Crippen LogP contribution in [0.15, 0.2) is 65.8 Å². The first-order valence-corrected chi connectivity index (χ1v) is 10.6. The number of anilines is 2. The van der Waals surface area contributed by atoms with E-state index in [-0.39, 0.29) is 4.90 Å². The Morgan fingerprint density at radius 1 is 1.00 bits per heavy atom. The molecule has 0 fully saturated rings. The molecule has 0 atom stereocenters. The van der Waals surface area contributed by atoms with E-state index in [0.717, 1.165) is 5.56 Å². The highest BCUT2D eigenvalue weighted by atomic mass is 32.2. The number of hydrogen-bond acceptors (Lipinski definition) is 7. The summed E-state index contributed by atoms with van der Waals surface area (Å²) in [5, 5.41) is 0. The molecule has 10 heteroatoms. The molecule has 0 spiro atoms. The fourth-order valence-electron chi connectivity index (χ4n) is 3.24. The fraction of sp³-hybridized carbons (Fsp3) is 0.143. The lowest BCUT2D eigenvalue weighted by molar-refractivity contribution is 0.355. The minimum atomic E-state index is -4.26. The molecule has 0 unspecified atom stereocenters. The molecule has 0 aliphatic carbocycles. The van der Waals surface area contributed by atoms with Crippen molar-refractivity contribution in [3.05, 3.63) is 60.9 Å². The highest BCUT2D eigenvalue weighted by Crippen LogP contribution is 2.33. The Morgan fingerprint density at radius 2 is 1.71 bits per heavy atom. The maximum absolute atomic E-state index is 11.3. The summed E-state index contributed by atoms with van der Waals surface area (Å²) in [6.45, 7) is 0. The summed E-state index contributed by atoms with van der Waals surface area (Å²) in [6, 6.07) is 13.3. The van der Waals surface area contributed by atoms with Crippen LogP contribution in [-0.4, -0.2) is 48.6 Å². The molecule has 2 aromatic carbocycles. The quantitative estimate of drug-likeness (QED) is 0.455. The molecule has 0 saturated heterocycles. The molecule has 4 aromatic rings. The fourth-order valence-corrected chi connectivity index (χ4v) is 3.72. The van der Waals surface area contributed by atoms with Crippen molar-refractivity contribution in [3.63, 3.8) is 0 Å². The summed E-state index contributed by atoms with van der Waals surface area (Å²) in [4.78, 5) is 10.8. The second-order valence-electron chi connectivity index (χ2n) is 6.69. The van der Waals surface area contributed by atoms with Gasteiger partial charge in [0, 0.05) is 36.8 Å². The minimum Gasteiger partial charge on any atom is -0.493 e. The second-order valence-corrected chi connectivity index (χ2v) is 8.12. The smallest absolute Gasteiger partial charge is 0.294 e. The summed E-state index contributed by atoms with van der Waals surface area (Å²) in [6.07, 6.45) is 3.47. The third-order valence-corrected chi connectivity index (χ3v) is 5.74. The first-order valence-electron chi connectivity index (χ1n) is 9.19. The number of benzene rings is 2. The minimum absolute atomic E-state index is 0.176. The van der Waals surface area contributed by atoms with E-state index in [9.17, 15) is 13.0 Å². The average Bonchev–Trinajstić information content (AvgIpc) is 3.25. The van der Waals surface area contributed by atoms with Gasteiger partial charge in [0.2, 0.25) is 5.95 Å². The molecule has 0 aliphatic rings. The number of methoxy groups -OCH3 is 2. The number of aromatic nitrogens is 3. The van der Waals surface area contributed by atoms with Gasteiger partial charge in [0.05, 0.1) is 24.8 Å². The van der Waals surface area contributed by atoms with Crippen LogP contribution >= 0.6 is 0 Å². The van der Waals surface area contributed by atoms with Crippen molar-refractivity contribution >= 4 is 27.4 Å². The molecular formula is C21H20N4O5S. The van der Waals surface area contributed by atoms with Crippen LogP contribution in [0.1, 0.15) is 0 Å². The maximum Gasteiger partial charge on any atom is 0.294 e. The van der Waals surface area contributed by atoms with Gasteiger partial charge in [-0.3, -0.25) is 8.95 Å². The SMILES string of the molecule is COc1ccc(-c2cc3nccn3c(N(C)c3ccc(S(=O)(=O)O)cc3)n2)cc1OC. The third-order valence-electron chi connectivity index (χ3n) is 4.87. The molecule has 0 aliphatic heterocycles. The van der Waals surface area contributed by atoms with Crippen LogP contribution in [0.5, 0.6) is 11.5 Å². The van der Waals surface area contributed by atoms with E-state index in [4.69, 9.17) is 14.5 Å². The van der Waals surface area contributed by atoms with Gasteiger partial charge in [-0.1, -0.05) is 0 Å². The van der Waals surface area contributed by atoms with Crippen LogP contribution in [0.2, 0.25) is 0 Å². The lowest BCUT2D eigenvalue weighted by Crippen LogP contribution is -2.15. The van der Waals surface area contributed by atoms with Crippen LogP contribution in [0.4, 0.5) is 11.6 Å². The molecule has 9 nitrogen and oxygen atoms in total. The number of nitrogens with zero attached hydrogens (tertiary/aromatic N) is 4. The standard InChI is InChI=1S/C21H20N4O5S/c1-24(15-5-7-16(8-6-15)31(26,27)28)21-23-17(13-20-22-10-11-25(20)21)14-4-9-18(29-2)19(12-14)30-3/h4-13H,1-3H3,(H,26,27,28). The summed E-state index contributed by atoms with van der Waals surface area (Å²) in [7, 11) is 0.694. The van der Waals surface area contributed by atoms with E-state index in [1.165, 1.54) is 12.1 Å². The Labute approximate surface area is 179 Å². The van der Waals surface area contributed by atoms with E-state index < -0.39 is 10.1 Å². The molecule has 0 amide bonds. The Morgan fingerprint density at radius 3 is 2.35 bits per heavy atom. The van der Waals surface area contributed by atoms with Crippen LogP contribution in [0.25, 0.3) is 16.9 Å². The first kappa shape index (κ1) is 20.6. The molecular weight excluding hydrogens is 420 g/mol. The highest BCUT2D eigenvalue weighted by Gasteiger charge is 2.16. The molecule has 2 aromatic heterocycles. The summed E-state index contributed by atoms with van der Waals surface area (Å²) >= 11 is 0. The number of rotatable bonds is 6. The number of imidazole rings is 1. The predicted molar refractivity (Wildman–Crippen MR) is 116 cm³/mol. The van der Waals surface area contributed by atoms with Gasteiger partial charge < -0.3 is 14.4 Å². The molecule has 0 radical (unpaired) electrons. The van der Waals surface area contributed by atoms with Crippen molar-refractivity contribution in [2.45, 2.75) is 4.90 Å². The van der Waals surface area contributed by atoms with Gasteiger partial charge in [-0.15, -0.1) is 0 Å². The van der Waals surface area contributed by atoms with Crippen LogP contribution in [0, 0.1) is 0 Å². The zero-order chi connectivity index (χ0) is 22.2. The van der Waals surface area contributed by atoms with Gasteiger partial charge in [0.1, 0.15) is 5.65 Å². The van der Waals surface area contributed by atoms with Crippen molar-refractivity contribution < 1.29 is 22.4 Å². The largest absolute Gasteiger partial charge is 0.493 e. The normalized spacial score (nSPS) is 11.5. The lowest BCUT2D eigenvalue weighted by Gasteiger charge is -2.20. The van der Waals surface area contributed by atoms with Crippen molar-refractivity contribution in [2.75, 3.05) is 26.2 Å². The Balaban J connectivity index is 1.81. The van der Waals surface area contributed by atoms with Crippen molar-refractivity contribution in [3.8, 4) is 22.8 Å². The van der Waals surface area contributed by atoms with Gasteiger partial charge in [-0.25, -0.2) is 9.97 Å². The number of fused-ring (bicyclic) bond motifs is 1. The zero-order valence-corrected chi connectivity index (χ0v) is 17.9. The highest BCUT2D eigenvalue weighted by molar-refractivity contribution is 7.85. The molecule has 2 heterocycles. The van der Waals surface area contributed by atoms with Gasteiger partial charge in [-0.2, -0.15) is 8.42 Å². The summed E-state index contributed by atoms with van der Waals surface area (Å²) < 4.78 is 44.4. The summed E-state index contributed by atoms with van der Waals surface area (Å²) in [5.74, 6) is 1.77. The van der Waals surface area contributed by atoms with Crippen molar-refractivity contribution in [1.82, 2.24) is 14.4 Å². The molecule has 4 rings (SSSR count). The molecule has 1 N–H and O–H groups in total. The predicted octanol–water partition coefficient (Wildman–Crippen LogP) is 3.43. The van der Waals surface area contributed by atoms with Crippen LogP contribution in [-0.2, 0) is 10.1 Å². The first-order chi connectivity index (χ1) is 14.8. The Hall–Kier alpha value is -3.63. The van der Waals surface area contributed by atoms with E-state index >= 15 is 0 Å². The van der Waals surface area contributed by atoms with E-state index in [2.05, 4.69) is 4.98 Å². The zero-order valence-electron chi connectivity index (χ0n) is 17.1. The van der Waals surface area contributed by atoms with E-state index in [0.29, 0.717) is 34.5 Å². The molecule has 31 heavy (non-hydrogen) atoms. The van der Waals surface area contributed by atoms with Crippen LogP contribution < -0.4 is 14.4 Å². The summed E-state index contributed by atoms with van der Waals surface area (Å²) in [5.41, 5.74) is 2.87. The maximum atomic E-state index is 11.3. The Bertz CT molecular complexity index is 1350. The number of hydrogen-bond donors (Lipinski definition) is 1. The molecule has 160 valence electrons. The topological polar surface area (TPSA) is 106 Å². The van der Waals surface area contributed by atoms with Gasteiger partial charge in [0.25, 0.3) is 10.1 Å². The monoisotopic (exact) mass is 440 g/mol. The van der Waals surface area contributed by atoms with Crippen LogP contribution in [0.3, 0.4) is 0 Å². The van der Waals surface area contributed by atoms with E-state index in [1.807, 2.05) is 35.7 Å². The van der Waals surface area contributed by atoms with E-state index in [1.54, 1.807) is 43.6 Å². The second kappa shape index (κ2) is 7.89.